The lowest BCUT2D eigenvalue weighted by Gasteiger charge is -2.03. The minimum absolute atomic E-state index is 0.278. The number of halogens is 1. The molecule has 0 saturated heterocycles. The zero-order valence-electron chi connectivity index (χ0n) is 8.20. The number of aryl methyl sites for hydroxylation is 1. The first-order valence-corrected chi connectivity index (χ1v) is 5.04. The molecule has 0 aliphatic carbocycles. The third kappa shape index (κ3) is 1.49. The summed E-state index contributed by atoms with van der Waals surface area (Å²) in [6.45, 7) is 2.53. The first kappa shape index (κ1) is 10.1. The summed E-state index contributed by atoms with van der Waals surface area (Å²) < 4.78 is 1.74. The van der Waals surface area contributed by atoms with Gasteiger partial charge in [-0.25, -0.2) is 4.79 Å². The number of carboxylic acid groups (broad SMARTS) is 1. The molecule has 0 fully saturated rings. The second kappa shape index (κ2) is 3.59. The molecule has 0 radical (unpaired) electrons. The topological polar surface area (TPSA) is 42.2 Å². The van der Waals surface area contributed by atoms with Crippen LogP contribution in [0.15, 0.2) is 24.3 Å². The van der Waals surface area contributed by atoms with Crippen molar-refractivity contribution in [2.75, 3.05) is 0 Å². The van der Waals surface area contributed by atoms with Gasteiger partial charge in [-0.05, 0) is 25.1 Å². The number of fused-ring (bicyclic) bond motifs is 1. The third-order valence-electron chi connectivity index (χ3n) is 2.43. The smallest absolute Gasteiger partial charge is 0.352 e. The van der Waals surface area contributed by atoms with Crippen LogP contribution in [0.25, 0.3) is 10.9 Å². The maximum absolute atomic E-state index is 11.0. The fourth-order valence-electron chi connectivity index (χ4n) is 1.77. The van der Waals surface area contributed by atoms with Crippen LogP contribution in [0.3, 0.4) is 0 Å². The minimum Gasteiger partial charge on any atom is -0.477 e. The summed E-state index contributed by atoms with van der Waals surface area (Å²) in [5, 5.41) is 10.4. The van der Waals surface area contributed by atoms with Gasteiger partial charge in [-0.2, -0.15) is 0 Å². The van der Waals surface area contributed by atoms with Crippen molar-refractivity contribution >= 4 is 28.5 Å². The molecule has 4 heteroatoms. The number of hydrogen-bond acceptors (Lipinski definition) is 1. The van der Waals surface area contributed by atoms with Crippen LogP contribution in [-0.2, 0) is 6.54 Å². The highest BCUT2D eigenvalue weighted by Crippen LogP contribution is 2.26. The molecule has 1 aromatic heterocycles. The van der Waals surface area contributed by atoms with E-state index in [9.17, 15) is 4.79 Å². The van der Waals surface area contributed by atoms with Crippen LogP contribution >= 0.6 is 11.6 Å². The predicted octanol–water partition coefficient (Wildman–Crippen LogP) is 3.01. The molecule has 0 spiro atoms. The van der Waals surface area contributed by atoms with Crippen LogP contribution in [0, 0.1) is 0 Å². The highest BCUT2D eigenvalue weighted by Gasteiger charge is 2.14. The van der Waals surface area contributed by atoms with Gasteiger partial charge in [0.25, 0.3) is 0 Å². The van der Waals surface area contributed by atoms with Crippen LogP contribution in [0.1, 0.15) is 17.4 Å². The average Bonchev–Trinajstić information content (AvgIpc) is 2.57. The van der Waals surface area contributed by atoms with Crippen LogP contribution in [0.5, 0.6) is 0 Å². The molecule has 1 aromatic carbocycles. The van der Waals surface area contributed by atoms with E-state index in [4.69, 9.17) is 16.7 Å². The van der Waals surface area contributed by atoms with Gasteiger partial charge in [-0.1, -0.05) is 17.7 Å². The summed E-state index contributed by atoms with van der Waals surface area (Å²) >= 11 is 6.00. The Kier molecular flexibility index (Phi) is 2.40. The fourth-order valence-corrected chi connectivity index (χ4v) is 1.99. The number of aromatic carboxylic acids is 1. The van der Waals surface area contributed by atoms with E-state index in [1.165, 1.54) is 0 Å². The van der Waals surface area contributed by atoms with Gasteiger partial charge in [-0.3, -0.25) is 0 Å². The molecule has 0 amide bonds. The fraction of sp³-hybridized carbons (Fsp3) is 0.182. The van der Waals surface area contributed by atoms with Gasteiger partial charge in [0.2, 0.25) is 0 Å². The molecule has 1 N–H and O–H groups in total. The van der Waals surface area contributed by atoms with Gasteiger partial charge in [0.1, 0.15) is 5.69 Å². The summed E-state index contributed by atoms with van der Waals surface area (Å²) in [6.07, 6.45) is 0. The lowest BCUT2D eigenvalue weighted by atomic mass is 10.2. The van der Waals surface area contributed by atoms with E-state index in [0.29, 0.717) is 11.6 Å². The van der Waals surface area contributed by atoms with E-state index in [1.807, 2.05) is 19.1 Å². The van der Waals surface area contributed by atoms with Crippen molar-refractivity contribution in [2.24, 2.45) is 0 Å². The Balaban J connectivity index is 2.84. The number of rotatable bonds is 2. The van der Waals surface area contributed by atoms with Gasteiger partial charge in [0.05, 0.1) is 5.52 Å². The number of aromatic nitrogens is 1. The molecule has 0 aliphatic rings. The standard InChI is InChI=1S/C11H10ClNO2/c1-2-13-9-5-3-4-8(12)7(9)6-10(13)11(14)15/h3-6H,2H2,1H3,(H,14,15). The van der Waals surface area contributed by atoms with Crippen molar-refractivity contribution in [2.45, 2.75) is 13.5 Å². The summed E-state index contributed by atoms with van der Waals surface area (Å²) in [6, 6.07) is 7.07. The molecular weight excluding hydrogens is 214 g/mol. The zero-order chi connectivity index (χ0) is 11.0. The van der Waals surface area contributed by atoms with Crippen molar-refractivity contribution in [3.05, 3.63) is 35.0 Å². The van der Waals surface area contributed by atoms with Crippen molar-refractivity contribution in [3.8, 4) is 0 Å². The first-order valence-electron chi connectivity index (χ1n) is 4.66. The SMILES string of the molecule is CCn1c(C(=O)O)cc2c(Cl)cccc21. The lowest BCUT2D eigenvalue weighted by molar-refractivity contribution is 0.0686. The zero-order valence-corrected chi connectivity index (χ0v) is 8.95. The van der Waals surface area contributed by atoms with Crippen LogP contribution < -0.4 is 0 Å². The monoisotopic (exact) mass is 223 g/mol. The van der Waals surface area contributed by atoms with E-state index < -0.39 is 5.97 Å². The Morgan fingerprint density at radius 2 is 2.27 bits per heavy atom. The van der Waals surface area contributed by atoms with E-state index >= 15 is 0 Å². The van der Waals surface area contributed by atoms with Crippen LogP contribution in [0.2, 0.25) is 5.02 Å². The van der Waals surface area contributed by atoms with Gasteiger partial charge in [0.15, 0.2) is 0 Å². The van der Waals surface area contributed by atoms with E-state index in [1.54, 1.807) is 16.7 Å². The average molecular weight is 224 g/mol. The molecule has 1 heterocycles. The Morgan fingerprint density at radius 3 is 2.87 bits per heavy atom. The number of nitrogens with zero attached hydrogens (tertiary/aromatic N) is 1. The number of carbonyl (C=O) groups is 1. The maximum Gasteiger partial charge on any atom is 0.352 e. The quantitative estimate of drug-likeness (QED) is 0.851. The summed E-state index contributed by atoms with van der Waals surface area (Å²) in [7, 11) is 0. The summed E-state index contributed by atoms with van der Waals surface area (Å²) in [4.78, 5) is 11.0. The molecule has 0 unspecified atom stereocenters. The van der Waals surface area contributed by atoms with E-state index in [2.05, 4.69) is 0 Å². The summed E-state index contributed by atoms with van der Waals surface area (Å²) in [5.74, 6) is -0.927. The number of carboxylic acids is 1. The third-order valence-corrected chi connectivity index (χ3v) is 2.76. The second-order valence-corrected chi connectivity index (χ2v) is 3.66. The van der Waals surface area contributed by atoms with Crippen molar-refractivity contribution in [1.82, 2.24) is 4.57 Å². The lowest BCUT2D eigenvalue weighted by Crippen LogP contribution is -2.06. The van der Waals surface area contributed by atoms with Gasteiger partial charge in [0, 0.05) is 17.0 Å². The molecular formula is C11H10ClNO2. The van der Waals surface area contributed by atoms with E-state index in [-0.39, 0.29) is 5.69 Å². The Morgan fingerprint density at radius 1 is 1.53 bits per heavy atom. The molecule has 0 aliphatic heterocycles. The predicted molar refractivity (Wildman–Crippen MR) is 59.6 cm³/mol. The number of benzene rings is 1. The molecule has 2 aromatic rings. The molecule has 0 atom stereocenters. The Labute approximate surface area is 91.9 Å². The van der Waals surface area contributed by atoms with Crippen molar-refractivity contribution < 1.29 is 9.90 Å². The minimum atomic E-state index is -0.927. The first-order chi connectivity index (χ1) is 7.15. The molecule has 2 rings (SSSR count). The second-order valence-electron chi connectivity index (χ2n) is 3.25. The van der Waals surface area contributed by atoms with Crippen molar-refractivity contribution in [1.29, 1.82) is 0 Å². The Hall–Kier alpha value is -1.48. The largest absolute Gasteiger partial charge is 0.477 e. The molecule has 0 saturated carbocycles. The molecule has 0 bridgehead atoms. The molecule has 3 nitrogen and oxygen atoms in total. The van der Waals surface area contributed by atoms with Crippen LogP contribution in [0.4, 0.5) is 0 Å². The highest BCUT2D eigenvalue weighted by molar-refractivity contribution is 6.35. The van der Waals surface area contributed by atoms with E-state index in [0.717, 1.165) is 10.9 Å². The molecule has 78 valence electrons. The maximum atomic E-state index is 11.0. The highest BCUT2D eigenvalue weighted by atomic mass is 35.5. The molecule has 15 heavy (non-hydrogen) atoms. The number of hydrogen-bond donors (Lipinski definition) is 1. The summed E-state index contributed by atoms with van der Waals surface area (Å²) in [5.41, 5.74) is 1.14. The Bertz CT molecular complexity index is 531. The van der Waals surface area contributed by atoms with Gasteiger partial charge in [-0.15, -0.1) is 0 Å². The van der Waals surface area contributed by atoms with Gasteiger partial charge < -0.3 is 9.67 Å². The van der Waals surface area contributed by atoms with Gasteiger partial charge >= 0.3 is 5.97 Å². The normalized spacial score (nSPS) is 10.8. The van der Waals surface area contributed by atoms with Crippen LogP contribution in [-0.4, -0.2) is 15.6 Å². The van der Waals surface area contributed by atoms with Crippen molar-refractivity contribution in [3.63, 3.8) is 0 Å².